The van der Waals surface area contributed by atoms with Crippen molar-refractivity contribution in [2.75, 3.05) is 6.54 Å². The van der Waals surface area contributed by atoms with Gasteiger partial charge in [0.2, 0.25) is 0 Å². The summed E-state index contributed by atoms with van der Waals surface area (Å²) in [5.74, 6) is 0. The minimum absolute atomic E-state index is 0.316. The molecule has 0 bridgehead atoms. The normalized spacial score (nSPS) is 11.8. The topological polar surface area (TPSA) is 40.7 Å². The molecular weight excluding hydrogens is 267 g/mol. The maximum absolute atomic E-state index is 12.8. The van der Waals surface area contributed by atoms with Gasteiger partial charge >= 0.3 is 6.18 Å². The lowest BCUT2D eigenvalue weighted by Crippen LogP contribution is -2.19. The molecule has 6 heteroatoms. The minimum atomic E-state index is -4.29. The van der Waals surface area contributed by atoms with Crippen LogP contribution >= 0.6 is 0 Å². The molecule has 0 radical (unpaired) electrons. The van der Waals surface area contributed by atoms with Crippen LogP contribution in [0.3, 0.4) is 0 Å². The highest BCUT2D eigenvalue weighted by Gasteiger charge is 2.32. The fourth-order valence-electron chi connectivity index (χ4n) is 2.01. The average molecular weight is 283 g/mol. The molecule has 2 aromatic rings. The third-order valence-electron chi connectivity index (χ3n) is 3.14. The summed E-state index contributed by atoms with van der Waals surface area (Å²) in [6.07, 6.45) is -2.24. The van der Waals surface area contributed by atoms with Gasteiger partial charge in [-0.15, -0.1) is 0 Å². The third-order valence-corrected chi connectivity index (χ3v) is 3.14. The molecule has 3 nitrogen and oxygen atoms in total. The van der Waals surface area contributed by atoms with Crippen LogP contribution in [0.15, 0.2) is 30.5 Å². The smallest absolute Gasteiger partial charge is 0.312 e. The first-order chi connectivity index (χ1) is 9.48. The lowest BCUT2D eigenvalue weighted by atomic mass is 10.0. The van der Waals surface area contributed by atoms with Crippen LogP contribution in [-0.4, -0.2) is 16.7 Å². The van der Waals surface area contributed by atoms with Gasteiger partial charge in [-0.25, -0.2) is 0 Å². The first-order valence-electron chi connectivity index (χ1n) is 6.33. The van der Waals surface area contributed by atoms with E-state index in [4.69, 9.17) is 0 Å². The van der Waals surface area contributed by atoms with Gasteiger partial charge in [0, 0.05) is 17.8 Å². The van der Waals surface area contributed by atoms with Gasteiger partial charge in [0.05, 0.1) is 11.8 Å². The summed E-state index contributed by atoms with van der Waals surface area (Å²) in [5, 5.41) is 9.84. The van der Waals surface area contributed by atoms with E-state index in [0.717, 1.165) is 17.3 Å². The van der Waals surface area contributed by atoms with E-state index in [2.05, 4.69) is 15.5 Å². The number of benzene rings is 1. The summed E-state index contributed by atoms with van der Waals surface area (Å²) in [6.45, 7) is 2.98. The van der Waals surface area contributed by atoms with Crippen LogP contribution in [0.25, 0.3) is 0 Å². The highest BCUT2D eigenvalue weighted by Crippen LogP contribution is 2.31. The van der Waals surface area contributed by atoms with Gasteiger partial charge in [-0.1, -0.05) is 18.2 Å². The highest BCUT2D eigenvalue weighted by atomic mass is 19.4. The standard InChI is InChI=1S/C14H16F3N3/c1-10-12(9-19-20-10)8-18-7-6-11-4-2-3-5-13(11)14(15,16)17/h2-5,9,18H,6-8H2,1H3,(H,19,20). The molecule has 0 fully saturated rings. The van der Waals surface area contributed by atoms with Crippen molar-refractivity contribution in [1.29, 1.82) is 0 Å². The summed E-state index contributed by atoms with van der Waals surface area (Å²) in [7, 11) is 0. The predicted molar refractivity (Wildman–Crippen MR) is 70.2 cm³/mol. The lowest BCUT2D eigenvalue weighted by Gasteiger charge is -2.12. The number of aromatic nitrogens is 2. The first-order valence-corrected chi connectivity index (χ1v) is 6.33. The van der Waals surface area contributed by atoms with Crippen molar-refractivity contribution in [2.45, 2.75) is 26.1 Å². The Kier molecular flexibility index (Phi) is 4.44. The van der Waals surface area contributed by atoms with Gasteiger partial charge in [-0.2, -0.15) is 18.3 Å². The number of nitrogens with one attached hydrogen (secondary N) is 2. The van der Waals surface area contributed by atoms with E-state index < -0.39 is 11.7 Å². The summed E-state index contributed by atoms with van der Waals surface area (Å²) < 4.78 is 38.4. The second-order valence-electron chi connectivity index (χ2n) is 4.60. The second kappa shape index (κ2) is 6.09. The Hall–Kier alpha value is -1.82. The van der Waals surface area contributed by atoms with E-state index in [0.29, 0.717) is 25.1 Å². The van der Waals surface area contributed by atoms with Gasteiger partial charge in [-0.3, -0.25) is 5.10 Å². The molecule has 0 atom stereocenters. The Morgan fingerprint density at radius 1 is 1.20 bits per heavy atom. The van der Waals surface area contributed by atoms with Crippen molar-refractivity contribution in [1.82, 2.24) is 15.5 Å². The van der Waals surface area contributed by atoms with Crippen molar-refractivity contribution in [3.63, 3.8) is 0 Å². The van der Waals surface area contributed by atoms with Crippen LogP contribution in [0.4, 0.5) is 13.2 Å². The van der Waals surface area contributed by atoms with Crippen LogP contribution in [0, 0.1) is 6.92 Å². The summed E-state index contributed by atoms with van der Waals surface area (Å²) in [5.41, 5.74) is 1.75. The summed E-state index contributed by atoms with van der Waals surface area (Å²) in [6, 6.07) is 5.68. The Morgan fingerprint density at radius 2 is 1.95 bits per heavy atom. The number of alkyl halides is 3. The molecule has 0 saturated carbocycles. The third kappa shape index (κ3) is 3.60. The van der Waals surface area contributed by atoms with Gasteiger partial charge < -0.3 is 5.32 Å². The highest BCUT2D eigenvalue weighted by molar-refractivity contribution is 5.29. The molecule has 1 heterocycles. The van der Waals surface area contributed by atoms with Crippen molar-refractivity contribution in [2.24, 2.45) is 0 Å². The maximum atomic E-state index is 12.8. The van der Waals surface area contributed by atoms with Crippen molar-refractivity contribution >= 4 is 0 Å². The number of nitrogens with zero attached hydrogens (tertiary/aromatic N) is 1. The van der Waals surface area contributed by atoms with Crippen LogP contribution < -0.4 is 5.32 Å². The Bertz CT molecular complexity index is 561. The van der Waals surface area contributed by atoms with Crippen LogP contribution in [0.1, 0.15) is 22.4 Å². The van der Waals surface area contributed by atoms with E-state index in [1.54, 1.807) is 12.3 Å². The Labute approximate surface area is 115 Å². The van der Waals surface area contributed by atoms with Crippen molar-refractivity contribution in [3.8, 4) is 0 Å². The minimum Gasteiger partial charge on any atom is -0.312 e. The molecule has 0 unspecified atom stereocenters. The molecule has 2 N–H and O–H groups in total. The molecule has 1 aromatic heterocycles. The first kappa shape index (κ1) is 14.6. The fourth-order valence-corrected chi connectivity index (χ4v) is 2.01. The molecule has 0 spiro atoms. The zero-order valence-corrected chi connectivity index (χ0v) is 11.1. The Balaban J connectivity index is 1.90. The number of hydrogen-bond acceptors (Lipinski definition) is 2. The lowest BCUT2D eigenvalue weighted by molar-refractivity contribution is -0.138. The Morgan fingerprint density at radius 3 is 2.60 bits per heavy atom. The van der Waals surface area contributed by atoms with Gasteiger partial charge in [0.1, 0.15) is 0 Å². The van der Waals surface area contributed by atoms with Gasteiger partial charge in [-0.05, 0) is 31.5 Å². The van der Waals surface area contributed by atoms with Gasteiger partial charge in [0.25, 0.3) is 0 Å². The van der Waals surface area contributed by atoms with E-state index >= 15 is 0 Å². The largest absolute Gasteiger partial charge is 0.416 e. The quantitative estimate of drug-likeness (QED) is 0.828. The van der Waals surface area contributed by atoms with E-state index in [9.17, 15) is 13.2 Å². The molecule has 0 aliphatic heterocycles. The van der Waals surface area contributed by atoms with E-state index in [1.165, 1.54) is 12.1 Å². The number of rotatable bonds is 5. The molecule has 2 rings (SSSR count). The summed E-state index contributed by atoms with van der Waals surface area (Å²) >= 11 is 0. The molecule has 108 valence electrons. The zero-order chi connectivity index (χ0) is 14.6. The van der Waals surface area contributed by atoms with E-state index in [1.807, 2.05) is 6.92 Å². The van der Waals surface area contributed by atoms with Crippen molar-refractivity contribution < 1.29 is 13.2 Å². The molecule has 0 amide bonds. The molecule has 20 heavy (non-hydrogen) atoms. The number of aromatic amines is 1. The van der Waals surface area contributed by atoms with E-state index in [-0.39, 0.29) is 0 Å². The number of halogens is 3. The second-order valence-corrected chi connectivity index (χ2v) is 4.60. The average Bonchev–Trinajstić information content (AvgIpc) is 2.80. The molecule has 0 aliphatic carbocycles. The molecule has 0 aliphatic rings. The van der Waals surface area contributed by atoms with Crippen molar-refractivity contribution in [3.05, 3.63) is 52.8 Å². The molecular formula is C14H16F3N3. The number of aryl methyl sites for hydroxylation is 1. The number of hydrogen-bond donors (Lipinski definition) is 2. The predicted octanol–water partition coefficient (Wildman–Crippen LogP) is 3.07. The monoisotopic (exact) mass is 283 g/mol. The SMILES string of the molecule is Cc1[nH]ncc1CNCCc1ccccc1C(F)(F)F. The fraction of sp³-hybridized carbons (Fsp3) is 0.357. The van der Waals surface area contributed by atoms with Gasteiger partial charge in [0.15, 0.2) is 0 Å². The van der Waals surface area contributed by atoms with Crippen LogP contribution in [-0.2, 0) is 19.1 Å². The molecule has 1 aromatic carbocycles. The van der Waals surface area contributed by atoms with Crippen LogP contribution in [0.5, 0.6) is 0 Å². The molecule has 0 saturated heterocycles. The van der Waals surface area contributed by atoms with Crippen LogP contribution in [0.2, 0.25) is 0 Å². The zero-order valence-electron chi connectivity index (χ0n) is 11.1. The number of H-pyrrole nitrogens is 1. The summed E-state index contributed by atoms with van der Waals surface area (Å²) in [4.78, 5) is 0. The maximum Gasteiger partial charge on any atom is 0.416 e.